The van der Waals surface area contributed by atoms with Gasteiger partial charge in [0.05, 0.1) is 0 Å². The summed E-state index contributed by atoms with van der Waals surface area (Å²) in [6, 6.07) is 12.3. The molecule has 26 heavy (non-hydrogen) atoms. The third kappa shape index (κ3) is 4.28. The summed E-state index contributed by atoms with van der Waals surface area (Å²) < 4.78 is 18.5. The normalized spacial score (nSPS) is 17.0. The van der Waals surface area contributed by atoms with Crippen molar-refractivity contribution < 1.29 is 18.7 Å². The molecular formula is C21H22FNO3. The van der Waals surface area contributed by atoms with Gasteiger partial charge in [-0.05, 0) is 74.7 Å². The summed E-state index contributed by atoms with van der Waals surface area (Å²) in [5.74, 6) is -0.0323. The zero-order valence-corrected chi connectivity index (χ0v) is 14.8. The van der Waals surface area contributed by atoms with Crippen LogP contribution in [0.5, 0.6) is 5.75 Å². The first-order valence-corrected chi connectivity index (χ1v) is 8.87. The van der Waals surface area contributed by atoms with Crippen LogP contribution in [0, 0.1) is 5.82 Å². The van der Waals surface area contributed by atoms with Crippen LogP contribution in [0.15, 0.2) is 48.5 Å². The number of ether oxygens (including phenoxy) is 1. The van der Waals surface area contributed by atoms with Gasteiger partial charge in [0, 0.05) is 23.7 Å². The van der Waals surface area contributed by atoms with E-state index in [1.165, 1.54) is 24.3 Å². The van der Waals surface area contributed by atoms with Gasteiger partial charge >= 0.3 is 0 Å². The van der Waals surface area contributed by atoms with Crippen LogP contribution in [0.25, 0.3) is 0 Å². The lowest BCUT2D eigenvalue weighted by Crippen LogP contribution is -2.44. The topological polar surface area (TPSA) is 46.6 Å². The van der Waals surface area contributed by atoms with Gasteiger partial charge in [-0.1, -0.05) is 0 Å². The van der Waals surface area contributed by atoms with Crippen molar-refractivity contribution >= 4 is 11.7 Å². The van der Waals surface area contributed by atoms with Crippen molar-refractivity contribution in [1.82, 2.24) is 4.90 Å². The number of rotatable bonds is 5. The molecule has 1 amide bonds. The third-order valence-electron chi connectivity index (χ3n) is 4.71. The van der Waals surface area contributed by atoms with Crippen molar-refractivity contribution in [2.45, 2.75) is 32.2 Å². The van der Waals surface area contributed by atoms with E-state index in [2.05, 4.69) is 6.92 Å². The van der Waals surface area contributed by atoms with Crippen molar-refractivity contribution in [3.8, 4) is 5.75 Å². The van der Waals surface area contributed by atoms with Crippen molar-refractivity contribution in [2.24, 2.45) is 0 Å². The molecule has 2 aromatic carbocycles. The fraction of sp³-hybridized carbons (Fsp3) is 0.333. The smallest absolute Gasteiger partial charge is 0.260 e. The lowest BCUT2D eigenvalue weighted by Gasteiger charge is -2.33. The van der Waals surface area contributed by atoms with Crippen LogP contribution in [0.2, 0.25) is 0 Å². The number of hydrogen-bond donors (Lipinski definition) is 0. The SMILES string of the molecule is CC1CCCCN1C(=O)COc1ccc(C(=O)c2ccc(F)cc2)cc1. The summed E-state index contributed by atoms with van der Waals surface area (Å²) in [6.45, 7) is 2.84. The Hall–Kier alpha value is -2.69. The van der Waals surface area contributed by atoms with E-state index in [1.807, 2.05) is 4.90 Å². The zero-order chi connectivity index (χ0) is 18.5. The molecule has 1 aliphatic rings. The van der Waals surface area contributed by atoms with Gasteiger partial charge in [0.25, 0.3) is 5.91 Å². The number of likely N-dealkylation sites (tertiary alicyclic amines) is 1. The van der Waals surface area contributed by atoms with Crippen molar-refractivity contribution in [3.05, 3.63) is 65.5 Å². The molecule has 5 heteroatoms. The summed E-state index contributed by atoms with van der Waals surface area (Å²) in [5.41, 5.74) is 0.911. The fourth-order valence-electron chi connectivity index (χ4n) is 3.17. The van der Waals surface area contributed by atoms with E-state index < -0.39 is 0 Å². The predicted octanol–water partition coefficient (Wildman–Crippen LogP) is 3.84. The number of carbonyl (C=O) groups is 2. The Morgan fingerprint density at radius 3 is 2.27 bits per heavy atom. The van der Waals surface area contributed by atoms with Gasteiger partial charge in [0.15, 0.2) is 12.4 Å². The average Bonchev–Trinajstić information content (AvgIpc) is 2.67. The van der Waals surface area contributed by atoms with Crippen molar-refractivity contribution in [3.63, 3.8) is 0 Å². The molecule has 0 N–H and O–H groups in total. The molecule has 0 aliphatic carbocycles. The molecule has 1 heterocycles. The molecule has 1 fully saturated rings. The first-order chi connectivity index (χ1) is 12.5. The summed E-state index contributed by atoms with van der Waals surface area (Å²) in [4.78, 5) is 26.5. The van der Waals surface area contributed by atoms with Crippen LogP contribution in [0.3, 0.4) is 0 Å². The third-order valence-corrected chi connectivity index (χ3v) is 4.71. The quantitative estimate of drug-likeness (QED) is 0.766. The molecule has 0 radical (unpaired) electrons. The van der Waals surface area contributed by atoms with Crippen LogP contribution in [-0.4, -0.2) is 35.8 Å². The van der Waals surface area contributed by atoms with Crippen LogP contribution in [-0.2, 0) is 4.79 Å². The van der Waals surface area contributed by atoms with E-state index in [-0.39, 0.29) is 30.2 Å². The Kier molecular flexibility index (Phi) is 5.66. The number of benzene rings is 2. The molecule has 1 aliphatic heterocycles. The largest absolute Gasteiger partial charge is 0.484 e. The summed E-state index contributed by atoms with van der Waals surface area (Å²) in [5, 5.41) is 0. The molecule has 2 aromatic rings. The van der Waals surface area contributed by atoms with Gasteiger partial charge in [-0.2, -0.15) is 0 Å². The van der Waals surface area contributed by atoms with Gasteiger partial charge in [0.2, 0.25) is 0 Å². The Morgan fingerprint density at radius 2 is 1.65 bits per heavy atom. The number of nitrogens with zero attached hydrogens (tertiary/aromatic N) is 1. The van der Waals surface area contributed by atoms with Gasteiger partial charge in [0.1, 0.15) is 11.6 Å². The minimum absolute atomic E-state index is 0.00437. The standard InChI is InChI=1S/C21H22FNO3/c1-15-4-2-3-13-23(15)20(24)14-26-19-11-7-17(8-12-19)21(25)16-5-9-18(22)10-6-16/h5-12,15H,2-4,13-14H2,1H3. The molecule has 0 saturated carbocycles. The van der Waals surface area contributed by atoms with Crippen molar-refractivity contribution in [2.75, 3.05) is 13.2 Å². The molecule has 1 saturated heterocycles. The van der Waals surface area contributed by atoms with Gasteiger partial charge in [-0.3, -0.25) is 9.59 Å². The Bertz CT molecular complexity index is 771. The highest BCUT2D eigenvalue weighted by molar-refractivity contribution is 6.09. The molecule has 0 spiro atoms. The van der Waals surface area contributed by atoms with Gasteiger partial charge in [-0.15, -0.1) is 0 Å². The molecule has 1 unspecified atom stereocenters. The monoisotopic (exact) mass is 355 g/mol. The average molecular weight is 355 g/mol. The van der Waals surface area contributed by atoms with Crippen molar-refractivity contribution in [1.29, 1.82) is 0 Å². The first-order valence-electron chi connectivity index (χ1n) is 8.87. The lowest BCUT2D eigenvalue weighted by molar-refractivity contribution is -0.136. The lowest BCUT2D eigenvalue weighted by atomic mass is 10.0. The van der Waals surface area contributed by atoms with Crippen LogP contribution >= 0.6 is 0 Å². The molecule has 4 nitrogen and oxygen atoms in total. The number of carbonyl (C=O) groups excluding carboxylic acids is 2. The Balaban J connectivity index is 1.58. The molecule has 0 aromatic heterocycles. The van der Waals surface area contributed by atoms with Crippen LogP contribution in [0.4, 0.5) is 4.39 Å². The van der Waals surface area contributed by atoms with Gasteiger partial charge < -0.3 is 9.64 Å². The number of hydrogen-bond acceptors (Lipinski definition) is 3. The Morgan fingerprint density at radius 1 is 1.04 bits per heavy atom. The Labute approximate surface area is 152 Å². The second-order valence-corrected chi connectivity index (χ2v) is 6.58. The molecule has 136 valence electrons. The van der Waals surface area contributed by atoms with E-state index in [0.29, 0.717) is 16.9 Å². The van der Waals surface area contributed by atoms with Crippen LogP contribution in [0.1, 0.15) is 42.1 Å². The maximum absolute atomic E-state index is 13.0. The number of halogens is 1. The van der Waals surface area contributed by atoms with E-state index in [1.54, 1.807) is 24.3 Å². The minimum atomic E-state index is -0.377. The highest BCUT2D eigenvalue weighted by Gasteiger charge is 2.23. The highest BCUT2D eigenvalue weighted by atomic mass is 19.1. The van der Waals surface area contributed by atoms with Crippen LogP contribution < -0.4 is 4.74 Å². The maximum Gasteiger partial charge on any atom is 0.260 e. The fourth-order valence-corrected chi connectivity index (χ4v) is 3.17. The summed E-state index contributed by atoms with van der Waals surface area (Å²) in [7, 11) is 0. The van der Waals surface area contributed by atoms with E-state index in [0.717, 1.165) is 25.8 Å². The van der Waals surface area contributed by atoms with E-state index >= 15 is 0 Å². The number of amides is 1. The van der Waals surface area contributed by atoms with Gasteiger partial charge in [-0.25, -0.2) is 4.39 Å². The minimum Gasteiger partial charge on any atom is -0.484 e. The second-order valence-electron chi connectivity index (χ2n) is 6.58. The zero-order valence-electron chi connectivity index (χ0n) is 14.8. The molecule has 3 rings (SSSR count). The number of ketones is 1. The summed E-state index contributed by atoms with van der Waals surface area (Å²) >= 11 is 0. The van der Waals surface area contributed by atoms with E-state index in [9.17, 15) is 14.0 Å². The predicted molar refractivity (Wildman–Crippen MR) is 96.8 cm³/mol. The first kappa shape index (κ1) is 18.1. The number of piperidine rings is 1. The molecular weight excluding hydrogens is 333 g/mol. The second kappa shape index (κ2) is 8.13. The molecule has 0 bridgehead atoms. The highest BCUT2D eigenvalue weighted by Crippen LogP contribution is 2.18. The molecule has 1 atom stereocenters. The van der Waals surface area contributed by atoms with E-state index in [4.69, 9.17) is 4.74 Å². The summed E-state index contributed by atoms with van der Waals surface area (Å²) in [6.07, 6.45) is 3.23. The maximum atomic E-state index is 13.0.